The quantitative estimate of drug-likeness (QED) is 0.799. The second kappa shape index (κ2) is 7.10. The van der Waals surface area contributed by atoms with Crippen LogP contribution in [-0.4, -0.2) is 55.8 Å². The molecule has 8 heteroatoms. The normalized spacial score (nSPS) is 15.9. The summed E-state index contributed by atoms with van der Waals surface area (Å²) < 4.78 is 14.5. The molecule has 132 valence electrons. The Labute approximate surface area is 144 Å². The van der Waals surface area contributed by atoms with Gasteiger partial charge in [-0.15, -0.1) is 5.10 Å². The minimum absolute atomic E-state index is 0.236. The zero-order chi connectivity index (χ0) is 18.0. The summed E-state index contributed by atoms with van der Waals surface area (Å²) in [4.78, 5) is 14.4. The zero-order valence-electron chi connectivity index (χ0n) is 14.1. The number of aliphatic hydroxyl groups excluding tert-OH is 1. The van der Waals surface area contributed by atoms with E-state index in [9.17, 15) is 14.3 Å². The average Bonchev–Trinajstić information content (AvgIpc) is 3.36. The Morgan fingerprint density at radius 2 is 2.12 bits per heavy atom. The van der Waals surface area contributed by atoms with Crippen molar-refractivity contribution in [3.05, 3.63) is 41.5 Å². The number of benzene rings is 1. The molecular formula is C17H20FN5O2. The highest BCUT2D eigenvalue weighted by atomic mass is 19.1. The molecule has 0 saturated heterocycles. The highest BCUT2D eigenvalue weighted by molar-refractivity contribution is 6.18. The predicted octanol–water partition coefficient (Wildman–Crippen LogP) is 1.35. The van der Waals surface area contributed by atoms with Crippen molar-refractivity contribution in [3.63, 3.8) is 0 Å². The molecule has 3 rings (SSSR count). The predicted molar refractivity (Wildman–Crippen MR) is 89.5 cm³/mol. The molecule has 0 spiro atoms. The maximum atomic E-state index is 13.1. The molecule has 0 radical (unpaired) electrons. The third-order valence-electron chi connectivity index (χ3n) is 4.22. The topological polar surface area (TPSA) is 84.1 Å². The summed E-state index contributed by atoms with van der Waals surface area (Å²) in [5.74, 6) is 0.0557. The Balaban J connectivity index is 1.89. The summed E-state index contributed by atoms with van der Waals surface area (Å²) in [5, 5.41) is 21.4. The Kier molecular flexibility index (Phi) is 4.89. The highest BCUT2D eigenvalue weighted by Gasteiger charge is 2.32. The lowest BCUT2D eigenvalue weighted by Crippen LogP contribution is -2.37. The molecule has 1 atom stereocenters. The Bertz CT molecular complexity index is 783. The van der Waals surface area contributed by atoms with E-state index in [0.29, 0.717) is 11.4 Å². The molecule has 1 saturated carbocycles. The third-order valence-corrected chi connectivity index (χ3v) is 4.22. The molecule has 0 aliphatic heterocycles. The minimum Gasteiger partial charge on any atom is -0.391 e. The van der Waals surface area contributed by atoms with Crippen molar-refractivity contribution in [3.8, 4) is 0 Å². The summed E-state index contributed by atoms with van der Waals surface area (Å²) in [6, 6.07) is 5.78. The number of aliphatic hydroxyl groups is 1. The second-order valence-electron chi connectivity index (χ2n) is 6.31. The molecule has 25 heavy (non-hydrogen) atoms. The van der Waals surface area contributed by atoms with Gasteiger partial charge in [-0.2, -0.15) is 4.68 Å². The van der Waals surface area contributed by atoms with Gasteiger partial charge in [0.1, 0.15) is 11.5 Å². The SMILES string of the molecule is Cc1nnnn1/C(=C\c1ccc(F)cc1)C(=O)N(C)CC(O)C1CC1. The number of rotatable bonds is 6. The van der Waals surface area contributed by atoms with Crippen molar-refractivity contribution in [2.24, 2.45) is 5.92 Å². The lowest BCUT2D eigenvalue weighted by Gasteiger charge is -2.22. The van der Waals surface area contributed by atoms with E-state index in [1.807, 2.05) is 0 Å². The number of hydrogen-bond acceptors (Lipinski definition) is 5. The van der Waals surface area contributed by atoms with Gasteiger partial charge in [-0.05, 0) is 59.9 Å². The van der Waals surface area contributed by atoms with E-state index >= 15 is 0 Å². The number of nitrogens with zero attached hydrogens (tertiary/aromatic N) is 5. The Morgan fingerprint density at radius 1 is 1.44 bits per heavy atom. The van der Waals surface area contributed by atoms with E-state index in [0.717, 1.165) is 12.8 Å². The third kappa shape index (κ3) is 4.08. The van der Waals surface area contributed by atoms with Crippen molar-refractivity contribution < 1.29 is 14.3 Å². The van der Waals surface area contributed by atoms with Crippen LogP contribution in [0, 0.1) is 18.7 Å². The van der Waals surface area contributed by atoms with E-state index < -0.39 is 6.10 Å². The van der Waals surface area contributed by atoms with Crippen molar-refractivity contribution in [1.82, 2.24) is 25.1 Å². The maximum absolute atomic E-state index is 13.1. The number of carbonyl (C=O) groups excluding carboxylic acids is 1. The van der Waals surface area contributed by atoms with E-state index in [4.69, 9.17) is 0 Å². The van der Waals surface area contributed by atoms with Gasteiger partial charge in [0.05, 0.1) is 6.10 Å². The molecule has 1 heterocycles. The van der Waals surface area contributed by atoms with Crippen molar-refractivity contribution in [2.75, 3.05) is 13.6 Å². The first kappa shape index (κ1) is 17.2. The molecule has 1 aromatic carbocycles. The number of carbonyl (C=O) groups is 1. The van der Waals surface area contributed by atoms with Crippen LogP contribution in [0.4, 0.5) is 4.39 Å². The van der Waals surface area contributed by atoms with Crippen LogP contribution < -0.4 is 0 Å². The van der Waals surface area contributed by atoms with Crippen LogP contribution in [0.25, 0.3) is 11.8 Å². The van der Waals surface area contributed by atoms with Gasteiger partial charge in [-0.25, -0.2) is 4.39 Å². The largest absolute Gasteiger partial charge is 0.391 e. The van der Waals surface area contributed by atoms with Gasteiger partial charge in [-0.1, -0.05) is 12.1 Å². The van der Waals surface area contributed by atoms with Crippen LogP contribution in [-0.2, 0) is 4.79 Å². The van der Waals surface area contributed by atoms with Crippen LogP contribution in [0.15, 0.2) is 24.3 Å². The molecular weight excluding hydrogens is 325 g/mol. The van der Waals surface area contributed by atoms with Gasteiger partial charge < -0.3 is 10.0 Å². The number of likely N-dealkylation sites (N-methyl/N-ethyl adjacent to an activating group) is 1. The fraction of sp³-hybridized carbons (Fsp3) is 0.412. The van der Waals surface area contributed by atoms with Gasteiger partial charge in [0.25, 0.3) is 5.91 Å². The molecule has 1 aliphatic rings. The second-order valence-corrected chi connectivity index (χ2v) is 6.31. The van der Waals surface area contributed by atoms with Crippen LogP contribution in [0.2, 0.25) is 0 Å². The number of hydrogen-bond donors (Lipinski definition) is 1. The molecule has 1 fully saturated rings. The standard InChI is InChI=1S/C17H20FN5O2/c1-11-19-20-21-23(11)15(9-12-3-7-14(18)8-4-12)17(25)22(2)10-16(24)13-5-6-13/h3-4,7-9,13,16,24H,5-6,10H2,1-2H3/b15-9-. The fourth-order valence-electron chi connectivity index (χ4n) is 2.57. The van der Waals surface area contributed by atoms with Gasteiger partial charge in [-0.3, -0.25) is 4.79 Å². The smallest absolute Gasteiger partial charge is 0.272 e. The number of amides is 1. The zero-order valence-corrected chi connectivity index (χ0v) is 14.1. The number of aryl methyl sites for hydroxylation is 1. The lowest BCUT2D eigenvalue weighted by atomic mass is 10.1. The summed E-state index contributed by atoms with van der Waals surface area (Å²) in [6.45, 7) is 1.93. The first-order valence-corrected chi connectivity index (χ1v) is 8.12. The van der Waals surface area contributed by atoms with E-state index in [2.05, 4.69) is 15.5 Å². The molecule has 1 aromatic heterocycles. The fourth-order valence-corrected chi connectivity index (χ4v) is 2.57. The summed E-state index contributed by atoms with van der Waals surface area (Å²) in [6.07, 6.45) is 3.06. The van der Waals surface area contributed by atoms with Crippen LogP contribution in [0.3, 0.4) is 0 Å². The van der Waals surface area contributed by atoms with Gasteiger partial charge in [0.2, 0.25) is 0 Å². The number of halogens is 1. The van der Waals surface area contributed by atoms with Crippen molar-refractivity contribution in [2.45, 2.75) is 25.9 Å². The molecule has 2 aromatic rings. The summed E-state index contributed by atoms with van der Waals surface area (Å²) in [7, 11) is 1.63. The van der Waals surface area contributed by atoms with E-state index in [-0.39, 0.29) is 29.9 Å². The number of tetrazole rings is 1. The highest BCUT2D eigenvalue weighted by Crippen LogP contribution is 2.32. The molecule has 7 nitrogen and oxygen atoms in total. The first-order valence-electron chi connectivity index (χ1n) is 8.12. The Morgan fingerprint density at radius 3 is 2.68 bits per heavy atom. The van der Waals surface area contributed by atoms with Gasteiger partial charge >= 0.3 is 0 Å². The van der Waals surface area contributed by atoms with Crippen LogP contribution in [0.1, 0.15) is 24.2 Å². The monoisotopic (exact) mass is 345 g/mol. The van der Waals surface area contributed by atoms with Gasteiger partial charge in [0, 0.05) is 13.6 Å². The van der Waals surface area contributed by atoms with Crippen molar-refractivity contribution >= 4 is 17.7 Å². The van der Waals surface area contributed by atoms with Crippen LogP contribution in [0.5, 0.6) is 0 Å². The molecule has 0 bridgehead atoms. The van der Waals surface area contributed by atoms with E-state index in [1.165, 1.54) is 21.7 Å². The molecule has 1 aliphatic carbocycles. The van der Waals surface area contributed by atoms with Crippen molar-refractivity contribution in [1.29, 1.82) is 0 Å². The Hall–Kier alpha value is -2.61. The minimum atomic E-state index is -0.531. The molecule has 1 unspecified atom stereocenters. The van der Waals surface area contributed by atoms with Gasteiger partial charge in [0.15, 0.2) is 5.82 Å². The number of aromatic nitrogens is 4. The van der Waals surface area contributed by atoms with E-state index in [1.54, 1.807) is 32.2 Å². The van der Waals surface area contributed by atoms with Crippen LogP contribution >= 0.6 is 0 Å². The molecule has 1 N–H and O–H groups in total. The maximum Gasteiger partial charge on any atom is 0.272 e. The molecule has 1 amide bonds. The first-order chi connectivity index (χ1) is 12.0. The summed E-state index contributed by atoms with van der Waals surface area (Å²) in [5.41, 5.74) is 0.885. The lowest BCUT2D eigenvalue weighted by molar-refractivity contribution is -0.125. The summed E-state index contributed by atoms with van der Waals surface area (Å²) >= 11 is 0. The average molecular weight is 345 g/mol.